The molecule has 1 atom stereocenters. The van der Waals surface area contributed by atoms with Crippen LogP contribution < -0.4 is 5.01 Å². The van der Waals surface area contributed by atoms with Crippen LogP contribution in [0.25, 0.3) is 0 Å². The van der Waals surface area contributed by atoms with Gasteiger partial charge in [-0.1, -0.05) is 23.7 Å². The van der Waals surface area contributed by atoms with E-state index in [1.54, 1.807) is 42.6 Å². The Balaban J connectivity index is 2.05. The Morgan fingerprint density at radius 2 is 2.04 bits per heavy atom. The van der Waals surface area contributed by atoms with E-state index in [9.17, 15) is 9.59 Å². The van der Waals surface area contributed by atoms with E-state index in [1.807, 2.05) is 0 Å². The Labute approximate surface area is 143 Å². The molecule has 0 spiro atoms. The number of ether oxygens (including phenoxy) is 1. The summed E-state index contributed by atoms with van der Waals surface area (Å²) in [6.07, 6.45) is 3.28. The van der Waals surface area contributed by atoms with Gasteiger partial charge in [-0.05, 0) is 29.8 Å². The lowest BCUT2D eigenvalue weighted by atomic mass is 9.95. The zero-order valence-corrected chi connectivity index (χ0v) is 13.6. The van der Waals surface area contributed by atoms with E-state index in [0.717, 1.165) is 5.56 Å². The molecule has 0 aliphatic carbocycles. The van der Waals surface area contributed by atoms with E-state index in [0.29, 0.717) is 16.4 Å². The smallest absolute Gasteiger partial charge is 0.318 e. The van der Waals surface area contributed by atoms with Crippen LogP contribution in [0.2, 0.25) is 5.02 Å². The minimum Gasteiger partial charge on any atom is -0.468 e. The number of rotatable bonds is 3. The number of hydrogen-bond acceptors (Lipinski definition) is 5. The van der Waals surface area contributed by atoms with Crippen LogP contribution in [0.1, 0.15) is 12.0 Å². The number of esters is 1. The lowest BCUT2D eigenvalue weighted by Crippen LogP contribution is -2.43. The van der Waals surface area contributed by atoms with Gasteiger partial charge in [0.1, 0.15) is 5.92 Å². The topological polar surface area (TPSA) is 71.9 Å². The normalized spacial score (nSPS) is 17.4. The minimum atomic E-state index is -0.946. The first-order chi connectivity index (χ1) is 11.6. The molecule has 1 aliphatic heterocycles. The Hall–Kier alpha value is -2.73. The number of halogens is 1. The van der Waals surface area contributed by atoms with Crippen molar-refractivity contribution in [2.75, 3.05) is 12.1 Å². The summed E-state index contributed by atoms with van der Waals surface area (Å²) in [5.41, 5.74) is 1.88. The van der Waals surface area contributed by atoms with Gasteiger partial charge in [-0.3, -0.25) is 14.6 Å². The molecule has 24 heavy (non-hydrogen) atoms. The van der Waals surface area contributed by atoms with E-state index in [2.05, 4.69) is 10.1 Å². The van der Waals surface area contributed by atoms with Crippen molar-refractivity contribution in [1.82, 2.24) is 4.98 Å². The SMILES string of the molecule is COC(=O)C1CC(c2ccc(Cl)cc2)=NN(c2cccnc2)C1=O. The third-order valence-corrected chi connectivity index (χ3v) is 3.93. The van der Waals surface area contributed by atoms with E-state index in [1.165, 1.54) is 18.3 Å². The van der Waals surface area contributed by atoms with Crippen molar-refractivity contribution in [2.45, 2.75) is 6.42 Å². The molecule has 0 radical (unpaired) electrons. The summed E-state index contributed by atoms with van der Waals surface area (Å²) in [6, 6.07) is 10.5. The second-order valence-corrected chi connectivity index (χ2v) is 5.63. The fourth-order valence-corrected chi connectivity index (χ4v) is 2.57. The zero-order valence-electron chi connectivity index (χ0n) is 12.8. The number of carbonyl (C=O) groups excluding carboxylic acids is 2. The molecule has 0 fully saturated rings. The summed E-state index contributed by atoms with van der Waals surface area (Å²) in [7, 11) is 1.26. The van der Waals surface area contributed by atoms with E-state index in [4.69, 9.17) is 16.3 Å². The second-order valence-electron chi connectivity index (χ2n) is 5.19. The number of nitrogens with zero attached hydrogens (tertiary/aromatic N) is 3. The van der Waals surface area contributed by atoms with E-state index >= 15 is 0 Å². The predicted octanol–water partition coefficient (Wildman–Crippen LogP) is 2.67. The molecular weight excluding hydrogens is 330 g/mol. The molecule has 0 saturated heterocycles. The van der Waals surface area contributed by atoms with Gasteiger partial charge in [0, 0.05) is 17.6 Å². The molecule has 2 aromatic rings. The molecule has 0 N–H and O–H groups in total. The molecule has 1 aliphatic rings. The molecule has 0 saturated carbocycles. The molecule has 0 bridgehead atoms. The lowest BCUT2D eigenvalue weighted by molar-refractivity contribution is -0.149. The maximum absolute atomic E-state index is 12.6. The molecule has 122 valence electrons. The van der Waals surface area contributed by atoms with Crippen LogP contribution in [0.15, 0.2) is 53.9 Å². The summed E-state index contributed by atoms with van der Waals surface area (Å²) in [4.78, 5) is 28.6. The maximum atomic E-state index is 12.6. The average Bonchev–Trinajstić information content (AvgIpc) is 2.63. The van der Waals surface area contributed by atoms with Gasteiger partial charge in [0.25, 0.3) is 5.91 Å². The predicted molar refractivity (Wildman–Crippen MR) is 89.8 cm³/mol. The maximum Gasteiger partial charge on any atom is 0.318 e. The number of amides is 1. The third-order valence-electron chi connectivity index (χ3n) is 3.68. The molecule has 2 heterocycles. The lowest BCUT2D eigenvalue weighted by Gasteiger charge is -2.28. The molecule has 1 unspecified atom stereocenters. The van der Waals surface area contributed by atoms with E-state index < -0.39 is 17.8 Å². The summed E-state index contributed by atoms with van der Waals surface area (Å²) in [6.45, 7) is 0. The van der Waals surface area contributed by atoms with Crippen LogP contribution in [-0.2, 0) is 14.3 Å². The first kappa shape index (κ1) is 16.1. The van der Waals surface area contributed by atoms with Crippen LogP contribution >= 0.6 is 11.6 Å². The van der Waals surface area contributed by atoms with Crippen molar-refractivity contribution >= 4 is 34.9 Å². The highest BCUT2D eigenvalue weighted by Gasteiger charge is 2.38. The Morgan fingerprint density at radius 1 is 1.29 bits per heavy atom. The van der Waals surface area contributed by atoms with Crippen molar-refractivity contribution in [3.8, 4) is 0 Å². The highest BCUT2D eigenvalue weighted by molar-refractivity contribution is 6.30. The van der Waals surface area contributed by atoms with Crippen LogP contribution in [0.5, 0.6) is 0 Å². The fourth-order valence-electron chi connectivity index (χ4n) is 2.45. The summed E-state index contributed by atoms with van der Waals surface area (Å²) in [5.74, 6) is -1.97. The van der Waals surface area contributed by atoms with Crippen LogP contribution in [0.4, 0.5) is 5.69 Å². The van der Waals surface area contributed by atoms with Crippen LogP contribution in [-0.4, -0.2) is 29.7 Å². The quantitative estimate of drug-likeness (QED) is 0.634. The Morgan fingerprint density at radius 3 is 2.67 bits per heavy atom. The van der Waals surface area contributed by atoms with Gasteiger partial charge in [-0.25, -0.2) is 0 Å². The average molecular weight is 344 g/mol. The van der Waals surface area contributed by atoms with Gasteiger partial charge in [-0.2, -0.15) is 10.1 Å². The van der Waals surface area contributed by atoms with Gasteiger partial charge in [-0.15, -0.1) is 0 Å². The highest BCUT2D eigenvalue weighted by Crippen LogP contribution is 2.26. The number of anilines is 1. The number of methoxy groups -OCH3 is 1. The van der Waals surface area contributed by atoms with Gasteiger partial charge in [0.2, 0.25) is 0 Å². The number of hydrogen-bond donors (Lipinski definition) is 0. The number of carbonyl (C=O) groups is 2. The summed E-state index contributed by atoms with van der Waals surface area (Å²) >= 11 is 5.91. The minimum absolute atomic E-state index is 0.171. The van der Waals surface area contributed by atoms with Crippen molar-refractivity contribution in [1.29, 1.82) is 0 Å². The summed E-state index contributed by atoms with van der Waals surface area (Å²) in [5, 5.41) is 6.20. The molecule has 7 heteroatoms. The number of benzene rings is 1. The molecule has 6 nitrogen and oxygen atoms in total. The number of pyridine rings is 1. The molecule has 1 amide bonds. The van der Waals surface area contributed by atoms with Gasteiger partial charge >= 0.3 is 5.97 Å². The molecule has 1 aromatic heterocycles. The first-order valence-corrected chi connectivity index (χ1v) is 7.63. The zero-order chi connectivity index (χ0) is 17.1. The van der Waals surface area contributed by atoms with Crippen molar-refractivity contribution < 1.29 is 14.3 Å². The first-order valence-electron chi connectivity index (χ1n) is 7.25. The summed E-state index contributed by atoms with van der Waals surface area (Å²) < 4.78 is 4.77. The monoisotopic (exact) mass is 343 g/mol. The van der Waals surface area contributed by atoms with Gasteiger partial charge in [0.05, 0.1) is 24.7 Å². The van der Waals surface area contributed by atoms with Gasteiger partial charge in [0.15, 0.2) is 0 Å². The molecule has 3 rings (SSSR count). The van der Waals surface area contributed by atoms with Crippen molar-refractivity contribution in [3.63, 3.8) is 0 Å². The third kappa shape index (κ3) is 3.14. The second kappa shape index (κ2) is 6.80. The Bertz CT molecular complexity index is 790. The molecular formula is C17H14ClN3O3. The van der Waals surface area contributed by atoms with E-state index in [-0.39, 0.29) is 6.42 Å². The highest BCUT2D eigenvalue weighted by atomic mass is 35.5. The molecule has 1 aromatic carbocycles. The number of hydrazone groups is 1. The van der Waals surface area contributed by atoms with Crippen molar-refractivity contribution in [3.05, 3.63) is 59.4 Å². The van der Waals surface area contributed by atoms with Gasteiger partial charge < -0.3 is 4.74 Å². The largest absolute Gasteiger partial charge is 0.468 e. The van der Waals surface area contributed by atoms with Crippen LogP contribution in [0, 0.1) is 5.92 Å². The Kier molecular flexibility index (Phi) is 4.57. The standard InChI is InChI=1S/C17H14ClN3O3/c1-24-17(23)14-9-15(11-4-6-12(18)7-5-11)20-21(16(14)22)13-3-2-8-19-10-13/h2-8,10,14H,9H2,1H3. The number of aromatic nitrogens is 1. The fraction of sp³-hybridized carbons (Fsp3) is 0.176. The van der Waals surface area contributed by atoms with Crippen LogP contribution in [0.3, 0.4) is 0 Å². The van der Waals surface area contributed by atoms with Crippen molar-refractivity contribution in [2.24, 2.45) is 11.0 Å².